The predicted molar refractivity (Wildman–Crippen MR) is 59.7 cm³/mol. The van der Waals surface area contributed by atoms with Crippen LogP contribution in [0.25, 0.3) is 0 Å². The van der Waals surface area contributed by atoms with Crippen molar-refractivity contribution in [1.29, 1.82) is 0 Å². The lowest BCUT2D eigenvalue weighted by molar-refractivity contribution is -0.140. The highest BCUT2D eigenvalue weighted by atomic mass is 79.9. The minimum absolute atomic E-state index is 0.0622. The Morgan fingerprint density at radius 2 is 1.93 bits per heavy atom. The maximum atomic E-state index is 11.6. The Labute approximate surface area is 96.6 Å². The standard InChI is InChI=1S/C11H11BrO3/c1-15-11(14)7-6-10(13)8-4-2-3-5-9(8)12/h2-5H,6-7H2,1H3. The van der Waals surface area contributed by atoms with Gasteiger partial charge in [0.05, 0.1) is 13.5 Å². The predicted octanol–water partition coefficient (Wildman–Crippen LogP) is 2.59. The van der Waals surface area contributed by atoms with Crippen molar-refractivity contribution < 1.29 is 14.3 Å². The van der Waals surface area contributed by atoms with E-state index in [2.05, 4.69) is 20.7 Å². The summed E-state index contributed by atoms with van der Waals surface area (Å²) in [7, 11) is 1.31. The molecule has 0 aliphatic rings. The van der Waals surface area contributed by atoms with Crippen molar-refractivity contribution in [2.24, 2.45) is 0 Å². The smallest absolute Gasteiger partial charge is 0.305 e. The average molecular weight is 271 g/mol. The molecule has 0 unspecified atom stereocenters. The summed E-state index contributed by atoms with van der Waals surface area (Å²) in [6, 6.07) is 7.15. The number of hydrogen-bond donors (Lipinski definition) is 0. The summed E-state index contributed by atoms with van der Waals surface area (Å²) in [4.78, 5) is 22.5. The fourth-order valence-electron chi connectivity index (χ4n) is 1.14. The summed E-state index contributed by atoms with van der Waals surface area (Å²) in [6.45, 7) is 0. The van der Waals surface area contributed by atoms with Gasteiger partial charge in [-0.1, -0.05) is 34.1 Å². The second-order valence-electron chi connectivity index (χ2n) is 2.98. The topological polar surface area (TPSA) is 43.4 Å². The number of ketones is 1. The summed E-state index contributed by atoms with van der Waals surface area (Å²) >= 11 is 3.28. The van der Waals surface area contributed by atoms with Crippen LogP contribution in [0.2, 0.25) is 0 Å². The van der Waals surface area contributed by atoms with E-state index in [0.717, 1.165) is 4.47 Å². The molecule has 0 radical (unpaired) electrons. The minimum Gasteiger partial charge on any atom is -0.469 e. The Morgan fingerprint density at radius 3 is 2.53 bits per heavy atom. The van der Waals surface area contributed by atoms with Gasteiger partial charge in [-0.05, 0) is 6.07 Å². The van der Waals surface area contributed by atoms with E-state index in [0.29, 0.717) is 5.56 Å². The first-order valence-electron chi connectivity index (χ1n) is 4.49. The molecule has 0 saturated heterocycles. The van der Waals surface area contributed by atoms with E-state index in [1.807, 2.05) is 6.07 Å². The molecule has 0 aliphatic heterocycles. The van der Waals surface area contributed by atoms with Gasteiger partial charge in [-0.15, -0.1) is 0 Å². The van der Waals surface area contributed by atoms with E-state index in [-0.39, 0.29) is 24.6 Å². The van der Waals surface area contributed by atoms with Crippen molar-refractivity contribution in [1.82, 2.24) is 0 Å². The maximum absolute atomic E-state index is 11.6. The van der Waals surface area contributed by atoms with Crippen LogP contribution in [0.1, 0.15) is 23.2 Å². The largest absolute Gasteiger partial charge is 0.469 e. The second kappa shape index (κ2) is 5.66. The molecule has 0 fully saturated rings. The fourth-order valence-corrected chi connectivity index (χ4v) is 1.65. The van der Waals surface area contributed by atoms with Crippen LogP contribution in [0.5, 0.6) is 0 Å². The van der Waals surface area contributed by atoms with Crippen LogP contribution < -0.4 is 0 Å². The molecule has 1 rings (SSSR count). The molecule has 1 aromatic rings. The lowest BCUT2D eigenvalue weighted by atomic mass is 10.1. The highest BCUT2D eigenvalue weighted by Crippen LogP contribution is 2.18. The molecule has 0 aliphatic carbocycles. The number of methoxy groups -OCH3 is 1. The zero-order chi connectivity index (χ0) is 11.3. The second-order valence-corrected chi connectivity index (χ2v) is 3.83. The van der Waals surface area contributed by atoms with E-state index in [9.17, 15) is 9.59 Å². The van der Waals surface area contributed by atoms with E-state index in [1.165, 1.54) is 7.11 Å². The third-order valence-electron chi connectivity index (χ3n) is 1.96. The molecule has 0 aromatic heterocycles. The van der Waals surface area contributed by atoms with Crippen LogP contribution in [0, 0.1) is 0 Å². The first-order valence-corrected chi connectivity index (χ1v) is 5.29. The third kappa shape index (κ3) is 3.47. The zero-order valence-corrected chi connectivity index (χ0v) is 9.91. The number of Topliss-reactive ketones (excluding diaryl/α,β-unsaturated/α-hetero) is 1. The van der Waals surface area contributed by atoms with Gasteiger partial charge >= 0.3 is 5.97 Å². The first-order chi connectivity index (χ1) is 7.15. The number of ether oxygens (including phenoxy) is 1. The van der Waals surface area contributed by atoms with Gasteiger partial charge in [0.2, 0.25) is 0 Å². The number of carbonyl (C=O) groups excluding carboxylic acids is 2. The van der Waals surface area contributed by atoms with E-state index in [4.69, 9.17) is 0 Å². The van der Waals surface area contributed by atoms with Crippen LogP contribution in [-0.2, 0) is 9.53 Å². The number of halogens is 1. The first kappa shape index (κ1) is 11.9. The molecule has 0 spiro atoms. The van der Waals surface area contributed by atoms with E-state index < -0.39 is 0 Å². The van der Waals surface area contributed by atoms with E-state index in [1.54, 1.807) is 18.2 Å². The van der Waals surface area contributed by atoms with Gasteiger partial charge in [-0.3, -0.25) is 9.59 Å². The lowest BCUT2D eigenvalue weighted by Crippen LogP contribution is -2.06. The molecule has 0 atom stereocenters. The maximum Gasteiger partial charge on any atom is 0.305 e. The molecule has 0 heterocycles. The lowest BCUT2D eigenvalue weighted by Gasteiger charge is -2.02. The van der Waals surface area contributed by atoms with E-state index >= 15 is 0 Å². The number of benzene rings is 1. The van der Waals surface area contributed by atoms with Gasteiger partial charge < -0.3 is 4.74 Å². The molecule has 4 heteroatoms. The van der Waals surface area contributed by atoms with Crippen molar-refractivity contribution in [3.05, 3.63) is 34.3 Å². The Hall–Kier alpha value is -1.16. The molecular formula is C11H11BrO3. The molecule has 0 amide bonds. The Morgan fingerprint density at radius 1 is 1.27 bits per heavy atom. The van der Waals surface area contributed by atoms with Crippen LogP contribution in [0.15, 0.2) is 28.7 Å². The van der Waals surface area contributed by atoms with Gasteiger partial charge in [-0.25, -0.2) is 0 Å². The summed E-state index contributed by atoms with van der Waals surface area (Å²) in [5, 5.41) is 0. The zero-order valence-electron chi connectivity index (χ0n) is 8.33. The number of hydrogen-bond acceptors (Lipinski definition) is 3. The normalized spacial score (nSPS) is 9.73. The Kier molecular flexibility index (Phi) is 4.49. The van der Waals surface area contributed by atoms with Crippen molar-refractivity contribution >= 4 is 27.7 Å². The molecule has 0 saturated carbocycles. The summed E-state index contributed by atoms with van der Waals surface area (Å²) in [6.07, 6.45) is 0.298. The van der Waals surface area contributed by atoms with Crippen LogP contribution >= 0.6 is 15.9 Å². The molecule has 0 bridgehead atoms. The number of carbonyl (C=O) groups is 2. The average Bonchev–Trinajstić information content (AvgIpc) is 2.26. The molecule has 3 nitrogen and oxygen atoms in total. The molecule has 80 valence electrons. The third-order valence-corrected chi connectivity index (χ3v) is 2.65. The van der Waals surface area contributed by atoms with Gasteiger partial charge in [-0.2, -0.15) is 0 Å². The van der Waals surface area contributed by atoms with Crippen molar-refractivity contribution in [3.63, 3.8) is 0 Å². The molecule has 15 heavy (non-hydrogen) atoms. The summed E-state index contributed by atoms with van der Waals surface area (Å²) in [5.41, 5.74) is 0.599. The van der Waals surface area contributed by atoms with Crippen molar-refractivity contribution in [2.75, 3.05) is 7.11 Å². The van der Waals surface area contributed by atoms with Gasteiger partial charge in [0.15, 0.2) is 5.78 Å². The molecular weight excluding hydrogens is 260 g/mol. The Bertz CT molecular complexity index is 374. The number of esters is 1. The Balaban J connectivity index is 2.62. The summed E-state index contributed by atoms with van der Waals surface area (Å²) < 4.78 is 5.21. The number of rotatable bonds is 4. The molecule has 1 aromatic carbocycles. The van der Waals surface area contributed by atoms with Crippen molar-refractivity contribution in [3.8, 4) is 0 Å². The minimum atomic E-state index is -0.365. The van der Waals surface area contributed by atoms with Crippen LogP contribution in [0.4, 0.5) is 0 Å². The highest BCUT2D eigenvalue weighted by Gasteiger charge is 2.11. The van der Waals surface area contributed by atoms with Crippen LogP contribution in [-0.4, -0.2) is 18.9 Å². The summed E-state index contributed by atoms with van der Waals surface area (Å²) in [5.74, 6) is -0.428. The van der Waals surface area contributed by atoms with Crippen LogP contribution in [0.3, 0.4) is 0 Å². The SMILES string of the molecule is COC(=O)CCC(=O)c1ccccc1Br. The van der Waals surface area contributed by atoms with Gasteiger partial charge in [0.25, 0.3) is 0 Å². The quantitative estimate of drug-likeness (QED) is 0.624. The van der Waals surface area contributed by atoms with Gasteiger partial charge in [0.1, 0.15) is 0 Å². The van der Waals surface area contributed by atoms with Gasteiger partial charge in [0, 0.05) is 16.5 Å². The fraction of sp³-hybridized carbons (Fsp3) is 0.273. The van der Waals surface area contributed by atoms with Crippen molar-refractivity contribution in [2.45, 2.75) is 12.8 Å². The highest BCUT2D eigenvalue weighted by molar-refractivity contribution is 9.10. The monoisotopic (exact) mass is 270 g/mol. The molecule has 0 N–H and O–H groups in total.